The normalized spacial score (nSPS) is 14.6. The fourth-order valence-corrected chi connectivity index (χ4v) is 2.14. The van der Waals surface area contributed by atoms with Gasteiger partial charge in [-0.15, -0.1) is 0 Å². The molecule has 0 spiro atoms. The summed E-state index contributed by atoms with van der Waals surface area (Å²) in [6.07, 6.45) is 0. The molecule has 0 bridgehead atoms. The summed E-state index contributed by atoms with van der Waals surface area (Å²) in [5.41, 5.74) is 12.1. The molecular weight excluding hydrogens is 242 g/mol. The van der Waals surface area contributed by atoms with Gasteiger partial charge in [0.2, 0.25) is 5.91 Å². The first-order valence-corrected chi connectivity index (χ1v) is 6.06. The predicted molar refractivity (Wildman–Crippen MR) is 63.5 cm³/mol. The molecule has 90 valence electrons. The quantitative estimate of drug-likeness (QED) is 0.768. The molecule has 2 atom stereocenters. The van der Waals surface area contributed by atoms with Crippen molar-refractivity contribution in [3.8, 4) is 0 Å². The third kappa shape index (κ3) is 2.14. The van der Waals surface area contributed by atoms with Gasteiger partial charge in [-0.2, -0.15) is 0 Å². The Morgan fingerprint density at radius 1 is 1.53 bits per heavy atom. The smallest absolute Gasteiger partial charge is 0.288 e. The molecule has 1 amide bonds. The van der Waals surface area contributed by atoms with Crippen LogP contribution in [-0.2, 0) is 15.6 Å². The summed E-state index contributed by atoms with van der Waals surface area (Å²) in [5, 5.41) is -0.864. The first-order valence-electron chi connectivity index (χ1n) is 4.85. The number of anilines is 1. The summed E-state index contributed by atoms with van der Waals surface area (Å²) in [5.74, 6) is -0.662. The number of aromatic nitrogens is 1. The Kier molecular flexibility index (Phi) is 2.84. The first-order chi connectivity index (χ1) is 7.99. The van der Waals surface area contributed by atoms with Gasteiger partial charge >= 0.3 is 0 Å². The summed E-state index contributed by atoms with van der Waals surface area (Å²) in [6, 6.07) is 4.90. The van der Waals surface area contributed by atoms with Crippen molar-refractivity contribution >= 4 is 33.5 Å². The Balaban J connectivity index is 2.43. The van der Waals surface area contributed by atoms with Crippen LogP contribution in [0.25, 0.3) is 11.1 Å². The molecule has 0 aliphatic rings. The van der Waals surface area contributed by atoms with E-state index in [9.17, 15) is 9.00 Å². The maximum absolute atomic E-state index is 11.9. The highest BCUT2D eigenvalue weighted by Gasteiger charge is 2.23. The summed E-state index contributed by atoms with van der Waals surface area (Å²) in [6.45, 7) is 1.46. The number of hydrogen-bond acceptors (Lipinski definition) is 5. The molecule has 4 N–H and O–H groups in total. The van der Waals surface area contributed by atoms with Crippen molar-refractivity contribution < 1.29 is 13.4 Å². The molecule has 2 aromatic rings. The van der Waals surface area contributed by atoms with E-state index in [0.717, 1.165) is 0 Å². The number of fused-ring (bicyclic) bond motifs is 1. The maximum Gasteiger partial charge on any atom is 0.288 e. The van der Waals surface area contributed by atoms with Crippen molar-refractivity contribution in [3.05, 3.63) is 18.2 Å². The van der Waals surface area contributed by atoms with Crippen LogP contribution < -0.4 is 11.5 Å². The topological polar surface area (TPSA) is 112 Å². The van der Waals surface area contributed by atoms with Crippen molar-refractivity contribution in [2.75, 3.05) is 5.73 Å². The third-order valence-electron chi connectivity index (χ3n) is 2.29. The third-order valence-corrected chi connectivity index (χ3v) is 3.68. The Bertz CT molecular complexity index is 608. The average Bonchev–Trinajstić information content (AvgIpc) is 2.69. The van der Waals surface area contributed by atoms with Crippen LogP contribution in [0.5, 0.6) is 0 Å². The minimum absolute atomic E-state index is 0.0168. The van der Waals surface area contributed by atoms with E-state index in [1.807, 2.05) is 0 Å². The molecule has 0 saturated carbocycles. The largest absolute Gasteiger partial charge is 0.430 e. The van der Waals surface area contributed by atoms with E-state index in [0.29, 0.717) is 16.8 Å². The van der Waals surface area contributed by atoms with Gasteiger partial charge in [0, 0.05) is 11.8 Å². The van der Waals surface area contributed by atoms with Crippen LogP contribution in [0.3, 0.4) is 0 Å². The number of carbonyl (C=O) groups is 1. The van der Waals surface area contributed by atoms with Gasteiger partial charge in [0.05, 0.1) is 0 Å². The van der Waals surface area contributed by atoms with Crippen LogP contribution in [0.15, 0.2) is 27.8 Å². The Labute approximate surface area is 99.4 Å². The Morgan fingerprint density at radius 3 is 2.88 bits per heavy atom. The molecule has 0 aliphatic heterocycles. The molecule has 6 nitrogen and oxygen atoms in total. The lowest BCUT2D eigenvalue weighted by Crippen LogP contribution is -2.29. The molecule has 2 unspecified atom stereocenters. The Morgan fingerprint density at radius 2 is 2.24 bits per heavy atom. The lowest BCUT2D eigenvalue weighted by Gasteiger charge is -2.01. The van der Waals surface area contributed by atoms with E-state index < -0.39 is 22.0 Å². The zero-order chi connectivity index (χ0) is 12.6. The van der Waals surface area contributed by atoms with Gasteiger partial charge in [0.15, 0.2) is 5.58 Å². The number of benzene rings is 1. The molecule has 0 saturated heterocycles. The Hall–Kier alpha value is -1.89. The summed E-state index contributed by atoms with van der Waals surface area (Å²) >= 11 is 0. The minimum Gasteiger partial charge on any atom is -0.430 e. The monoisotopic (exact) mass is 253 g/mol. The van der Waals surface area contributed by atoms with Crippen molar-refractivity contribution in [2.45, 2.75) is 17.4 Å². The molecule has 0 radical (unpaired) electrons. The summed E-state index contributed by atoms with van der Waals surface area (Å²) in [4.78, 5) is 15.0. The van der Waals surface area contributed by atoms with Gasteiger partial charge < -0.3 is 15.9 Å². The van der Waals surface area contributed by atoms with Crippen LogP contribution in [0.1, 0.15) is 6.92 Å². The minimum atomic E-state index is -1.69. The van der Waals surface area contributed by atoms with Crippen LogP contribution in [-0.4, -0.2) is 20.3 Å². The summed E-state index contributed by atoms with van der Waals surface area (Å²) in [7, 11) is -1.69. The fourth-order valence-electron chi connectivity index (χ4n) is 1.26. The second kappa shape index (κ2) is 4.17. The van der Waals surface area contributed by atoms with Crippen LogP contribution in [0.2, 0.25) is 0 Å². The van der Waals surface area contributed by atoms with Crippen molar-refractivity contribution in [1.29, 1.82) is 0 Å². The van der Waals surface area contributed by atoms with Crippen molar-refractivity contribution in [3.63, 3.8) is 0 Å². The fraction of sp³-hybridized carbons (Fsp3) is 0.200. The van der Waals surface area contributed by atoms with Crippen LogP contribution >= 0.6 is 0 Å². The number of primary amides is 1. The van der Waals surface area contributed by atoms with E-state index in [1.54, 1.807) is 18.2 Å². The molecule has 1 aromatic carbocycles. The predicted octanol–water partition coefficient (Wildman–Crippen LogP) is 0.391. The molecule has 2 rings (SSSR count). The number of rotatable bonds is 3. The zero-order valence-electron chi connectivity index (χ0n) is 9.04. The standard InChI is InChI=1S/C10H11N3O3S/c1-5(9(12)14)17(15)10-13-7-3-2-6(11)4-8(7)16-10/h2-5H,11H2,1H3,(H2,12,14). The second-order valence-corrected chi connectivity index (χ2v) is 5.20. The highest BCUT2D eigenvalue weighted by atomic mass is 32.2. The van der Waals surface area contributed by atoms with Gasteiger partial charge in [-0.3, -0.25) is 4.79 Å². The number of hydrogen-bond donors (Lipinski definition) is 2. The van der Waals surface area contributed by atoms with Gasteiger partial charge in [-0.25, -0.2) is 9.19 Å². The molecule has 17 heavy (non-hydrogen) atoms. The number of nitrogens with zero attached hydrogens (tertiary/aromatic N) is 1. The number of nitrogen functional groups attached to an aromatic ring is 1. The molecular formula is C10H11N3O3S. The van der Waals surface area contributed by atoms with Crippen LogP contribution in [0, 0.1) is 0 Å². The maximum atomic E-state index is 11.9. The molecule has 0 aliphatic carbocycles. The first kappa shape index (κ1) is 11.6. The van der Waals surface area contributed by atoms with E-state index in [4.69, 9.17) is 15.9 Å². The highest BCUT2D eigenvalue weighted by Crippen LogP contribution is 2.21. The van der Waals surface area contributed by atoms with E-state index in [-0.39, 0.29) is 5.22 Å². The number of nitrogens with two attached hydrogens (primary N) is 2. The van der Waals surface area contributed by atoms with Gasteiger partial charge in [-0.1, -0.05) is 0 Å². The van der Waals surface area contributed by atoms with Gasteiger partial charge in [0.1, 0.15) is 21.6 Å². The molecule has 1 aromatic heterocycles. The van der Waals surface area contributed by atoms with Gasteiger partial charge in [0.25, 0.3) is 5.22 Å². The van der Waals surface area contributed by atoms with E-state index in [2.05, 4.69) is 4.98 Å². The lowest BCUT2D eigenvalue weighted by atomic mass is 10.3. The second-order valence-electron chi connectivity index (χ2n) is 3.55. The van der Waals surface area contributed by atoms with Gasteiger partial charge in [-0.05, 0) is 19.1 Å². The van der Waals surface area contributed by atoms with E-state index >= 15 is 0 Å². The number of oxazole rings is 1. The van der Waals surface area contributed by atoms with Crippen molar-refractivity contribution in [1.82, 2.24) is 4.98 Å². The molecule has 7 heteroatoms. The van der Waals surface area contributed by atoms with Crippen molar-refractivity contribution in [2.24, 2.45) is 5.73 Å². The SMILES string of the molecule is CC(C(N)=O)S(=O)c1nc2ccc(N)cc2o1. The lowest BCUT2D eigenvalue weighted by molar-refractivity contribution is -0.117. The summed E-state index contributed by atoms with van der Waals surface area (Å²) < 4.78 is 17.1. The zero-order valence-corrected chi connectivity index (χ0v) is 9.86. The number of carbonyl (C=O) groups excluding carboxylic acids is 1. The average molecular weight is 253 g/mol. The molecule has 0 fully saturated rings. The van der Waals surface area contributed by atoms with E-state index in [1.165, 1.54) is 6.92 Å². The molecule has 1 heterocycles. The van der Waals surface area contributed by atoms with Crippen LogP contribution in [0.4, 0.5) is 5.69 Å². The number of amides is 1. The highest BCUT2D eigenvalue weighted by molar-refractivity contribution is 7.86.